The predicted molar refractivity (Wildman–Crippen MR) is 109 cm³/mol. The molecule has 4 aromatic rings. The summed E-state index contributed by atoms with van der Waals surface area (Å²) in [4.78, 5) is 12.3. The first-order valence-electron chi connectivity index (χ1n) is 9.83. The van der Waals surface area contributed by atoms with E-state index in [9.17, 15) is 23.1 Å². The van der Waals surface area contributed by atoms with Crippen LogP contribution in [0.25, 0.3) is 21.8 Å². The van der Waals surface area contributed by atoms with E-state index in [4.69, 9.17) is 0 Å². The Morgan fingerprint density at radius 1 is 1.16 bits per heavy atom. The van der Waals surface area contributed by atoms with Crippen LogP contribution in [0.3, 0.4) is 0 Å². The summed E-state index contributed by atoms with van der Waals surface area (Å²) in [6.45, 7) is 0. The number of carbonyl (C=O) groups is 1. The molecule has 1 aliphatic carbocycles. The number of hydrogen-bond donors (Lipinski definition) is 2. The summed E-state index contributed by atoms with van der Waals surface area (Å²) in [5.74, 6) is 0. The number of nitrogens with zero attached hydrogens (tertiary/aromatic N) is 3. The lowest BCUT2D eigenvalue weighted by molar-refractivity contribution is -0.247. The quantitative estimate of drug-likeness (QED) is 0.517. The van der Waals surface area contributed by atoms with Gasteiger partial charge in [0.2, 0.25) is 5.60 Å². The molecule has 0 spiro atoms. The Kier molecular flexibility index (Phi) is 4.17. The van der Waals surface area contributed by atoms with Crippen molar-refractivity contribution in [2.24, 2.45) is 7.05 Å². The van der Waals surface area contributed by atoms with Gasteiger partial charge < -0.3 is 15.0 Å². The zero-order valence-corrected chi connectivity index (χ0v) is 16.5. The van der Waals surface area contributed by atoms with E-state index in [2.05, 4.69) is 10.4 Å². The average molecular weight is 428 g/mol. The molecule has 1 unspecified atom stereocenters. The zero-order chi connectivity index (χ0) is 22.0. The maximum Gasteiger partial charge on any atom is 0.425 e. The minimum absolute atomic E-state index is 0.118. The number of amides is 1. The topological polar surface area (TPSA) is 72.1 Å². The molecular formula is C22H19F3N4O2. The first-order chi connectivity index (χ1) is 14.7. The summed E-state index contributed by atoms with van der Waals surface area (Å²) in [6, 6.07) is 10.1. The SMILES string of the molecule is Cn1cc(C(O)(c2ccc3c(cnn3C(=O)NC3CC3)c2)C(F)(F)F)c2ccccc21. The molecule has 1 aliphatic rings. The van der Waals surface area contributed by atoms with Crippen LogP contribution >= 0.6 is 0 Å². The Hall–Kier alpha value is -3.33. The van der Waals surface area contributed by atoms with Gasteiger partial charge in [0, 0.05) is 41.1 Å². The van der Waals surface area contributed by atoms with Crippen molar-refractivity contribution >= 4 is 27.8 Å². The van der Waals surface area contributed by atoms with Crippen molar-refractivity contribution in [2.75, 3.05) is 0 Å². The lowest BCUT2D eigenvalue weighted by Crippen LogP contribution is -2.43. The Bertz CT molecular complexity index is 1320. The fourth-order valence-electron chi connectivity index (χ4n) is 3.99. The Morgan fingerprint density at radius 3 is 2.61 bits per heavy atom. The minimum Gasteiger partial charge on any atom is -0.372 e. The molecule has 9 heteroatoms. The first-order valence-corrected chi connectivity index (χ1v) is 9.83. The van der Waals surface area contributed by atoms with E-state index in [1.54, 1.807) is 35.9 Å². The van der Waals surface area contributed by atoms with Gasteiger partial charge in [-0.25, -0.2) is 4.79 Å². The number of alkyl halides is 3. The van der Waals surface area contributed by atoms with Gasteiger partial charge in [0.1, 0.15) is 0 Å². The molecule has 5 rings (SSSR count). The van der Waals surface area contributed by atoms with Crippen molar-refractivity contribution in [3.8, 4) is 0 Å². The minimum atomic E-state index is -4.98. The van der Waals surface area contributed by atoms with Crippen LogP contribution in [0.2, 0.25) is 0 Å². The van der Waals surface area contributed by atoms with Crippen LogP contribution in [-0.2, 0) is 12.6 Å². The summed E-state index contributed by atoms with van der Waals surface area (Å²) in [7, 11) is 1.63. The number of aromatic nitrogens is 3. The molecule has 2 heterocycles. The van der Waals surface area contributed by atoms with Crippen molar-refractivity contribution in [3.63, 3.8) is 0 Å². The van der Waals surface area contributed by atoms with E-state index in [1.807, 2.05) is 0 Å². The maximum absolute atomic E-state index is 14.4. The average Bonchev–Trinajstić information content (AvgIpc) is 3.34. The van der Waals surface area contributed by atoms with Crippen molar-refractivity contribution in [2.45, 2.75) is 30.7 Å². The van der Waals surface area contributed by atoms with E-state index >= 15 is 0 Å². The largest absolute Gasteiger partial charge is 0.425 e. The zero-order valence-electron chi connectivity index (χ0n) is 16.5. The van der Waals surface area contributed by atoms with Crippen molar-refractivity contribution < 1.29 is 23.1 Å². The summed E-state index contributed by atoms with van der Waals surface area (Å²) in [5, 5.41) is 18.6. The van der Waals surface area contributed by atoms with Gasteiger partial charge in [-0.15, -0.1) is 0 Å². The number of rotatable bonds is 3. The number of aryl methyl sites for hydroxylation is 1. The van der Waals surface area contributed by atoms with E-state index in [1.165, 1.54) is 30.6 Å². The smallest absolute Gasteiger partial charge is 0.372 e. The number of halogens is 3. The maximum atomic E-state index is 14.4. The van der Waals surface area contributed by atoms with E-state index in [0.717, 1.165) is 17.5 Å². The van der Waals surface area contributed by atoms with Crippen LogP contribution in [0.4, 0.5) is 18.0 Å². The molecule has 0 aliphatic heterocycles. The summed E-state index contributed by atoms with van der Waals surface area (Å²) < 4.78 is 45.7. The molecule has 1 saturated carbocycles. The van der Waals surface area contributed by atoms with Crippen LogP contribution < -0.4 is 5.32 Å². The van der Waals surface area contributed by atoms with Gasteiger partial charge >= 0.3 is 12.2 Å². The first kappa shape index (κ1) is 19.6. The third-order valence-corrected chi connectivity index (χ3v) is 5.78. The van der Waals surface area contributed by atoms with Crippen molar-refractivity contribution in [1.82, 2.24) is 19.7 Å². The van der Waals surface area contributed by atoms with Crippen LogP contribution in [0.5, 0.6) is 0 Å². The monoisotopic (exact) mass is 428 g/mol. The Morgan fingerprint density at radius 2 is 1.90 bits per heavy atom. The number of aliphatic hydroxyl groups is 1. The second-order valence-corrected chi connectivity index (χ2v) is 7.93. The molecule has 2 aromatic carbocycles. The molecule has 1 fully saturated rings. The van der Waals surface area contributed by atoms with E-state index in [0.29, 0.717) is 21.8 Å². The Balaban J connectivity index is 1.66. The third-order valence-electron chi connectivity index (χ3n) is 5.78. The summed E-state index contributed by atoms with van der Waals surface area (Å²) >= 11 is 0. The van der Waals surface area contributed by atoms with Gasteiger partial charge in [0.25, 0.3) is 0 Å². The van der Waals surface area contributed by atoms with Gasteiger partial charge in [-0.1, -0.05) is 24.3 Å². The molecule has 160 valence electrons. The van der Waals surface area contributed by atoms with Crippen LogP contribution in [0.15, 0.2) is 54.9 Å². The fraction of sp³-hybridized carbons (Fsp3) is 0.273. The number of carbonyl (C=O) groups excluding carboxylic acids is 1. The summed E-state index contributed by atoms with van der Waals surface area (Å²) in [5.41, 5.74) is -2.89. The highest BCUT2D eigenvalue weighted by atomic mass is 19.4. The highest BCUT2D eigenvalue weighted by Gasteiger charge is 2.57. The van der Waals surface area contributed by atoms with Crippen LogP contribution in [0, 0.1) is 0 Å². The lowest BCUT2D eigenvalue weighted by Gasteiger charge is -2.31. The van der Waals surface area contributed by atoms with Crippen molar-refractivity contribution in [3.05, 3.63) is 66.0 Å². The number of benzene rings is 2. The lowest BCUT2D eigenvalue weighted by atomic mass is 9.85. The standard InChI is InChI=1S/C22H19F3N4O2/c1-28-12-17(16-4-2-3-5-19(16)28)21(31,22(23,24)25)14-6-9-18-13(10-14)11-26-29(18)20(30)27-15-7-8-15/h2-6,9-12,15,31H,7-8H2,1H3,(H,27,30). The highest BCUT2D eigenvalue weighted by molar-refractivity contribution is 5.91. The van der Waals surface area contributed by atoms with E-state index in [-0.39, 0.29) is 17.2 Å². The van der Waals surface area contributed by atoms with Crippen LogP contribution in [0.1, 0.15) is 24.0 Å². The van der Waals surface area contributed by atoms with Crippen LogP contribution in [-0.4, -0.2) is 37.7 Å². The normalized spacial score (nSPS) is 16.5. The molecule has 31 heavy (non-hydrogen) atoms. The molecule has 1 amide bonds. The molecule has 2 N–H and O–H groups in total. The van der Waals surface area contributed by atoms with E-state index < -0.39 is 17.8 Å². The number of fused-ring (bicyclic) bond motifs is 2. The fourth-order valence-corrected chi connectivity index (χ4v) is 3.99. The molecule has 0 bridgehead atoms. The number of hydrogen-bond acceptors (Lipinski definition) is 3. The predicted octanol–water partition coefficient (Wildman–Crippen LogP) is 4.05. The summed E-state index contributed by atoms with van der Waals surface area (Å²) in [6.07, 6.45) is -0.554. The van der Waals surface area contributed by atoms with Crippen molar-refractivity contribution in [1.29, 1.82) is 0 Å². The molecule has 6 nitrogen and oxygen atoms in total. The molecule has 0 radical (unpaired) electrons. The van der Waals surface area contributed by atoms with Gasteiger partial charge in [-0.05, 0) is 36.6 Å². The molecular weight excluding hydrogens is 409 g/mol. The highest BCUT2D eigenvalue weighted by Crippen LogP contribution is 2.47. The van der Waals surface area contributed by atoms with Gasteiger partial charge in [-0.3, -0.25) is 0 Å². The number of nitrogens with one attached hydrogen (secondary N) is 1. The molecule has 2 aromatic heterocycles. The Labute approximate surface area is 174 Å². The molecule has 1 atom stereocenters. The van der Waals surface area contributed by atoms with Gasteiger partial charge in [0.05, 0.1) is 11.7 Å². The van der Waals surface area contributed by atoms with Gasteiger partial charge in [-0.2, -0.15) is 23.0 Å². The second kappa shape index (κ2) is 6.58. The van der Waals surface area contributed by atoms with Gasteiger partial charge in [0.15, 0.2) is 0 Å². The number of para-hydroxylation sites is 1. The second-order valence-electron chi connectivity index (χ2n) is 7.93. The molecule has 0 saturated heterocycles. The third kappa shape index (κ3) is 2.99.